The van der Waals surface area contributed by atoms with Crippen molar-refractivity contribution in [2.75, 3.05) is 0 Å². The molecule has 4 nitrogen and oxygen atoms in total. The largest absolute Gasteiger partial charge is 0.393 e. The van der Waals surface area contributed by atoms with Gasteiger partial charge in [-0.2, -0.15) is 0 Å². The molecule has 1 fully saturated rings. The van der Waals surface area contributed by atoms with Crippen molar-refractivity contribution in [3.63, 3.8) is 0 Å². The fourth-order valence-corrected chi connectivity index (χ4v) is 3.75. The molecule has 1 heterocycles. The summed E-state index contributed by atoms with van der Waals surface area (Å²) in [5, 5.41) is 13.6. The molecular weight excluding hydrogens is 272 g/mol. The van der Waals surface area contributed by atoms with Crippen molar-refractivity contribution in [3.8, 4) is 0 Å². The van der Waals surface area contributed by atoms with Crippen molar-refractivity contribution in [2.24, 2.45) is 5.92 Å². The third-order valence-electron chi connectivity index (χ3n) is 3.66. The maximum absolute atomic E-state index is 12.3. The van der Waals surface area contributed by atoms with Gasteiger partial charge in [-0.1, -0.05) is 13.8 Å². The lowest BCUT2D eigenvalue weighted by Crippen LogP contribution is -2.38. The molecular formula is C15H24N2O2S. The first-order chi connectivity index (χ1) is 9.45. The van der Waals surface area contributed by atoms with Gasteiger partial charge >= 0.3 is 0 Å². The van der Waals surface area contributed by atoms with E-state index in [4.69, 9.17) is 0 Å². The Bertz CT molecular complexity index is 462. The number of aliphatic hydroxyl groups excluding tert-OH is 1. The highest BCUT2D eigenvalue weighted by Crippen LogP contribution is 2.23. The fourth-order valence-electron chi connectivity index (χ4n) is 2.57. The number of hydrogen-bond donors (Lipinski definition) is 2. The highest BCUT2D eigenvalue weighted by atomic mass is 32.1. The van der Waals surface area contributed by atoms with Gasteiger partial charge in [0, 0.05) is 12.5 Å². The number of aliphatic hydroxyl groups is 1. The molecule has 20 heavy (non-hydrogen) atoms. The minimum atomic E-state index is -0.189. The molecule has 0 atom stereocenters. The monoisotopic (exact) mass is 296 g/mol. The Morgan fingerprint density at radius 3 is 2.65 bits per heavy atom. The lowest BCUT2D eigenvalue weighted by atomic mass is 9.93. The van der Waals surface area contributed by atoms with Crippen LogP contribution >= 0.6 is 11.3 Å². The molecule has 1 aromatic heterocycles. The highest BCUT2D eigenvalue weighted by Gasteiger charge is 2.23. The Morgan fingerprint density at radius 2 is 2.05 bits per heavy atom. The number of nitrogens with zero attached hydrogens (tertiary/aromatic N) is 1. The van der Waals surface area contributed by atoms with Crippen LogP contribution in [0.4, 0.5) is 0 Å². The quantitative estimate of drug-likeness (QED) is 0.898. The van der Waals surface area contributed by atoms with E-state index < -0.39 is 0 Å². The number of hydrogen-bond acceptors (Lipinski definition) is 4. The van der Waals surface area contributed by atoms with Crippen molar-refractivity contribution in [2.45, 2.75) is 65.0 Å². The number of nitrogens with one attached hydrogen (secondary N) is 1. The van der Waals surface area contributed by atoms with Gasteiger partial charge in [0.15, 0.2) is 0 Å². The standard InChI is InChI=1S/C15H24N2O2S/c1-9(2)8-13-16-10(3)14(20-13)15(19)17-11-4-6-12(18)7-5-11/h9,11-12,18H,4-8H2,1-3H3,(H,17,19). The van der Waals surface area contributed by atoms with Crippen molar-refractivity contribution in [1.82, 2.24) is 10.3 Å². The number of rotatable bonds is 4. The van der Waals surface area contributed by atoms with Gasteiger partial charge in [0.1, 0.15) is 4.88 Å². The van der Waals surface area contributed by atoms with Crippen molar-refractivity contribution in [3.05, 3.63) is 15.6 Å². The van der Waals surface area contributed by atoms with Crippen LogP contribution in [0.3, 0.4) is 0 Å². The zero-order valence-corrected chi connectivity index (χ0v) is 13.3. The van der Waals surface area contributed by atoms with Gasteiger partial charge in [0.05, 0.1) is 16.8 Å². The fraction of sp³-hybridized carbons (Fsp3) is 0.733. The molecule has 2 rings (SSSR count). The summed E-state index contributed by atoms with van der Waals surface area (Å²) < 4.78 is 0. The number of aromatic nitrogens is 1. The molecule has 112 valence electrons. The second-order valence-electron chi connectivity index (χ2n) is 6.10. The molecule has 0 aromatic carbocycles. The van der Waals surface area contributed by atoms with Gasteiger partial charge in [0.2, 0.25) is 0 Å². The highest BCUT2D eigenvalue weighted by molar-refractivity contribution is 7.13. The summed E-state index contributed by atoms with van der Waals surface area (Å²) in [6.07, 6.45) is 4.03. The molecule has 0 aliphatic heterocycles. The Balaban J connectivity index is 1.96. The summed E-state index contributed by atoms with van der Waals surface area (Å²) in [5.41, 5.74) is 0.832. The molecule has 1 aliphatic carbocycles. The van der Waals surface area contributed by atoms with E-state index in [1.165, 1.54) is 11.3 Å². The Morgan fingerprint density at radius 1 is 1.40 bits per heavy atom. The van der Waals surface area contributed by atoms with Crippen LogP contribution in [0.5, 0.6) is 0 Å². The van der Waals surface area contributed by atoms with Crippen molar-refractivity contribution in [1.29, 1.82) is 0 Å². The van der Waals surface area contributed by atoms with Gasteiger partial charge in [-0.05, 0) is 38.5 Å². The third kappa shape index (κ3) is 4.03. The molecule has 1 aliphatic rings. The molecule has 0 spiro atoms. The summed E-state index contributed by atoms with van der Waals surface area (Å²) in [7, 11) is 0. The SMILES string of the molecule is Cc1nc(CC(C)C)sc1C(=O)NC1CCC(O)CC1. The van der Waals surface area contributed by atoms with Crippen LogP contribution in [0.15, 0.2) is 0 Å². The minimum absolute atomic E-state index is 0.00334. The van der Waals surface area contributed by atoms with E-state index in [9.17, 15) is 9.90 Å². The Labute approximate surface area is 124 Å². The van der Waals surface area contributed by atoms with E-state index in [0.29, 0.717) is 5.92 Å². The lowest BCUT2D eigenvalue weighted by Gasteiger charge is -2.25. The summed E-state index contributed by atoms with van der Waals surface area (Å²) >= 11 is 1.51. The van der Waals surface area contributed by atoms with Crippen LogP contribution in [0.2, 0.25) is 0 Å². The zero-order chi connectivity index (χ0) is 14.7. The average Bonchev–Trinajstić information content (AvgIpc) is 2.72. The van der Waals surface area contributed by atoms with Gasteiger partial charge in [-0.25, -0.2) is 4.98 Å². The Kier molecular flexibility index (Phi) is 5.16. The molecule has 0 unspecified atom stereocenters. The molecule has 1 aromatic rings. The zero-order valence-electron chi connectivity index (χ0n) is 12.5. The summed E-state index contributed by atoms with van der Waals surface area (Å²) in [4.78, 5) is 17.5. The maximum Gasteiger partial charge on any atom is 0.263 e. The number of thiazole rings is 1. The van der Waals surface area contributed by atoms with Crippen LogP contribution in [0.1, 0.15) is 59.9 Å². The first kappa shape index (κ1) is 15.4. The number of carbonyl (C=O) groups excluding carboxylic acids is 1. The number of carbonyl (C=O) groups is 1. The topological polar surface area (TPSA) is 62.2 Å². The van der Waals surface area contributed by atoms with Gasteiger partial charge < -0.3 is 10.4 Å². The van der Waals surface area contributed by atoms with E-state index in [0.717, 1.165) is 47.7 Å². The van der Waals surface area contributed by atoms with E-state index in [1.54, 1.807) is 0 Å². The molecule has 0 bridgehead atoms. The van der Waals surface area contributed by atoms with Crippen molar-refractivity contribution < 1.29 is 9.90 Å². The Hall–Kier alpha value is -0.940. The second kappa shape index (κ2) is 6.68. The minimum Gasteiger partial charge on any atom is -0.393 e. The van der Waals surface area contributed by atoms with Crippen molar-refractivity contribution >= 4 is 17.2 Å². The summed E-state index contributed by atoms with van der Waals surface area (Å²) in [6.45, 7) is 6.22. The normalized spacial score (nSPS) is 23.1. The maximum atomic E-state index is 12.3. The predicted octanol–water partition coefficient (Wildman–Crippen LogP) is 2.68. The van der Waals surface area contributed by atoms with Gasteiger partial charge in [0.25, 0.3) is 5.91 Å². The molecule has 2 N–H and O–H groups in total. The third-order valence-corrected chi connectivity index (χ3v) is 4.84. The van der Waals surface area contributed by atoms with Crippen LogP contribution in [-0.4, -0.2) is 28.1 Å². The first-order valence-electron chi connectivity index (χ1n) is 7.41. The van der Waals surface area contributed by atoms with E-state index >= 15 is 0 Å². The summed E-state index contributed by atoms with van der Waals surface area (Å²) in [5.74, 6) is 0.549. The smallest absolute Gasteiger partial charge is 0.263 e. The molecule has 0 radical (unpaired) electrons. The average molecular weight is 296 g/mol. The first-order valence-corrected chi connectivity index (χ1v) is 8.22. The second-order valence-corrected chi connectivity index (χ2v) is 7.18. The van der Waals surface area contributed by atoms with E-state index in [2.05, 4.69) is 24.1 Å². The molecule has 0 saturated heterocycles. The number of amides is 1. The van der Waals surface area contributed by atoms with Crippen LogP contribution < -0.4 is 5.32 Å². The molecule has 5 heteroatoms. The molecule has 1 saturated carbocycles. The van der Waals surface area contributed by atoms with Crippen LogP contribution in [0.25, 0.3) is 0 Å². The summed E-state index contributed by atoms with van der Waals surface area (Å²) in [6, 6.07) is 0.195. The number of aryl methyl sites for hydroxylation is 1. The van der Waals surface area contributed by atoms with E-state index in [-0.39, 0.29) is 18.1 Å². The van der Waals surface area contributed by atoms with Gasteiger partial charge in [-0.3, -0.25) is 4.79 Å². The van der Waals surface area contributed by atoms with Crippen LogP contribution in [-0.2, 0) is 6.42 Å². The molecule has 1 amide bonds. The lowest BCUT2D eigenvalue weighted by molar-refractivity contribution is 0.0870. The van der Waals surface area contributed by atoms with E-state index in [1.807, 2.05) is 6.92 Å². The van der Waals surface area contributed by atoms with Crippen LogP contribution in [0, 0.1) is 12.8 Å². The van der Waals surface area contributed by atoms with Gasteiger partial charge in [-0.15, -0.1) is 11.3 Å². The predicted molar refractivity (Wildman–Crippen MR) is 81.1 cm³/mol.